The molecule has 2 heterocycles. The lowest BCUT2D eigenvalue weighted by Crippen LogP contribution is -2.35. The summed E-state index contributed by atoms with van der Waals surface area (Å²) in [6.45, 7) is 3.80. The molecule has 1 aromatic heterocycles. The number of aromatic nitrogens is 2. The van der Waals surface area contributed by atoms with E-state index in [4.69, 9.17) is 9.47 Å². The Morgan fingerprint density at radius 1 is 0.939 bits per heavy atom. The molecule has 5 rings (SSSR count). The Labute approximate surface area is 193 Å². The zero-order valence-electron chi connectivity index (χ0n) is 18.6. The number of morpholine rings is 1. The van der Waals surface area contributed by atoms with Crippen molar-refractivity contribution in [1.82, 2.24) is 14.7 Å². The quantitative estimate of drug-likeness (QED) is 0.411. The second-order valence-corrected chi connectivity index (χ2v) is 8.05. The maximum absolute atomic E-state index is 14.9. The van der Waals surface area contributed by atoms with Gasteiger partial charge in [-0.15, -0.1) is 0 Å². The third kappa shape index (κ3) is 4.40. The molecule has 4 aromatic rings. The van der Waals surface area contributed by atoms with Crippen molar-refractivity contribution in [2.24, 2.45) is 0 Å². The van der Waals surface area contributed by atoms with Gasteiger partial charge in [-0.2, -0.15) is 5.10 Å². The molecule has 1 fully saturated rings. The predicted molar refractivity (Wildman–Crippen MR) is 127 cm³/mol. The molecule has 0 amide bonds. The minimum absolute atomic E-state index is 0.268. The standard InChI is InChI=1S/C27H26FN3O2/c1-32-26-17-22(11-12-23(26)20-7-3-2-4-8-20)31-27(24-9-5-6-10-25(24)28)21(18-29-31)19-30-13-15-33-16-14-30/h2-12,17-18H,13-16,19H2,1H3. The zero-order valence-corrected chi connectivity index (χ0v) is 18.6. The van der Waals surface area contributed by atoms with Crippen molar-refractivity contribution in [2.75, 3.05) is 33.4 Å². The highest BCUT2D eigenvalue weighted by atomic mass is 19.1. The monoisotopic (exact) mass is 443 g/mol. The van der Waals surface area contributed by atoms with Gasteiger partial charge in [-0.05, 0) is 29.8 Å². The first kappa shape index (κ1) is 21.4. The summed E-state index contributed by atoms with van der Waals surface area (Å²) in [5, 5.41) is 4.68. The maximum Gasteiger partial charge on any atom is 0.132 e. The summed E-state index contributed by atoms with van der Waals surface area (Å²) in [6, 6.07) is 22.9. The summed E-state index contributed by atoms with van der Waals surface area (Å²) in [5.41, 5.74) is 5.16. The molecule has 168 valence electrons. The number of hydrogen-bond donors (Lipinski definition) is 0. The smallest absolute Gasteiger partial charge is 0.132 e. The van der Waals surface area contributed by atoms with Gasteiger partial charge in [0.25, 0.3) is 0 Å². The van der Waals surface area contributed by atoms with Gasteiger partial charge < -0.3 is 9.47 Å². The summed E-state index contributed by atoms with van der Waals surface area (Å²) < 4.78 is 28.0. The second kappa shape index (κ2) is 9.57. The molecular formula is C27H26FN3O2. The molecule has 1 aliphatic heterocycles. The van der Waals surface area contributed by atoms with Crippen LogP contribution >= 0.6 is 0 Å². The highest BCUT2D eigenvalue weighted by molar-refractivity contribution is 5.73. The van der Waals surface area contributed by atoms with Crippen LogP contribution in [0.2, 0.25) is 0 Å². The average Bonchev–Trinajstić information content (AvgIpc) is 3.28. The Balaban J connectivity index is 1.60. The molecule has 1 aliphatic rings. The number of ether oxygens (including phenoxy) is 2. The number of methoxy groups -OCH3 is 1. The molecule has 0 saturated carbocycles. The molecule has 5 nitrogen and oxygen atoms in total. The molecule has 0 N–H and O–H groups in total. The van der Waals surface area contributed by atoms with Crippen LogP contribution in [0.1, 0.15) is 5.56 Å². The first-order chi connectivity index (χ1) is 16.2. The van der Waals surface area contributed by atoms with Crippen LogP contribution in [0.5, 0.6) is 5.75 Å². The zero-order chi connectivity index (χ0) is 22.6. The number of hydrogen-bond acceptors (Lipinski definition) is 4. The van der Waals surface area contributed by atoms with Crippen LogP contribution in [0, 0.1) is 5.82 Å². The summed E-state index contributed by atoms with van der Waals surface area (Å²) >= 11 is 0. The lowest BCUT2D eigenvalue weighted by Gasteiger charge is -2.26. The van der Waals surface area contributed by atoms with E-state index in [9.17, 15) is 4.39 Å². The molecule has 1 saturated heterocycles. The van der Waals surface area contributed by atoms with E-state index >= 15 is 0 Å². The normalized spacial score (nSPS) is 14.4. The Hall–Kier alpha value is -3.48. The molecule has 0 bridgehead atoms. The number of benzene rings is 3. The fraction of sp³-hybridized carbons (Fsp3) is 0.222. The van der Waals surface area contributed by atoms with Crippen molar-refractivity contribution in [3.8, 4) is 33.8 Å². The van der Waals surface area contributed by atoms with E-state index < -0.39 is 0 Å². The summed E-state index contributed by atoms with van der Waals surface area (Å²) in [6.07, 6.45) is 1.84. The van der Waals surface area contributed by atoms with Crippen LogP contribution < -0.4 is 4.74 Å². The van der Waals surface area contributed by atoms with Crippen LogP contribution in [-0.2, 0) is 11.3 Å². The maximum atomic E-state index is 14.9. The summed E-state index contributed by atoms with van der Waals surface area (Å²) in [5.74, 6) is 0.471. The highest BCUT2D eigenvalue weighted by Gasteiger charge is 2.21. The Bertz CT molecular complexity index is 1230. The van der Waals surface area contributed by atoms with Crippen LogP contribution in [0.4, 0.5) is 4.39 Å². The fourth-order valence-electron chi connectivity index (χ4n) is 4.30. The first-order valence-corrected chi connectivity index (χ1v) is 11.1. The van der Waals surface area contributed by atoms with Crippen molar-refractivity contribution >= 4 is 0 Å². The van der Waals surface area contributed by atoms with Gasteiger partial charge in [-0.25, -0.2) is 9.07 Å². The van der Waals surface area contributed by atoms with E-state index in [1.807, 2.05) is 53.3 Å². The molecule has 0 spiro atoms. The van der Waals surface area contributed by atoms with Gasteiger partial charge in [-0.1, -0.05) is 42.5 Å². The average molecular weight is 444 g/mol. The molecule has 6 heteroatoms. The molecule has 0 unspecified atom stereocenters. The lowest BCUT2D eigenvalue weighted by molar-refractivity contribution is 0.0342. The molecule has 0 radical (unpaired) electrons. The van der Waals surface area contributed by atoms with E-state index in [0.717, 1.165) is 46.9 Å². The number of halogens is 1. The van der Waals surface area contributed by atoms with Crippen molar-refractivity contribution in [1.29, 1.82) is 0 Å². The van der Waals surface area contributed by atoms with Gasteiger partial charge >= 0.3 is 0 Å². The van der Waals surface area contributed by atoms with E-state index in [1.54, 1.807) is 19.2 Å². The van der Waals surface area contributed by atoms with Crippen molar-refractivity contribution in [3.05, 3.63) is 90.4 Å². The summed E-state index contributed by atoms with van der Waals surface area (Å²) in [7, 11) is 1.66. The Kier molecular flexibility index (Phi) is 6.19. The fourth-order valence-corrected chi connectivity index (χ4v) is 4.30. The Morgan fingerprint density at radius 3 is 2.45 bits per heavy atom. The minimum atomic E-state index is -0.268. The first-order valence-electron chi connectivity index (χ1n) is 11.1. The van der Waals surface area contributed by atoms with Crippen LogP contribution in [0.25, 0.3) is 28.1 Å². The van der Waals surface area contributed by atoms with Gasteiger partial charge in [0, 0.05) is 42.4 Å². The SMILES string of the molecule is COc1cc(-n2ncc(CN3CCOCC3)c2-c2ccccc2F)ccc1-c1ccccc1. The van der Waals surface area contributed by atoms with Gasteiger partial charge in [0.1, 0.15) is 11.6 Å². The highest BCUT2D eigenvalue weighted by Crippen LogP contribution is 2.35. The molecular weight excluding hydrogens is 417 g/mol. The van der Waals surface area contributed by atoms with Crippen molar-refractivity contribution < 1.29 is 13.9 Å². The van der Waals surface area contributed by atoms with Gasteiger partial charge in [0.2, 0.25) is 0 Å². The minimum Gasteiger partial charge on any atom is -0.496 e. The van der Waals surface area contributed by atoms with Gasteiger partial charge in [-0.3, -0.25) is 4.90 Å². The van der Waals surface area contributed by atoms with E-state index in [2.05, 4.69) is 22.1 Å². The number of rotatable bonds is 6. The molecule has 0 aliphatic carbocycles. The molecule has 0 atom stereocenters. The topological polar surface area (TPSA) is 39.5 Å². The van der Waals surface area contributed by atoms with Gasteiger partial charge in [0.15, 0.2) is 0 Å². The summed E-state index contributed by atoms with van der Waals surface area (Å²) in [4.78, 5) is 2.31. The largest absolute Gasteiger partial charge is 0.496 e. The Morgan fingerprint density at radius 2 is 1.70 bits per heavy atom. The predicted octanol–water partition coefficient (Wildman–Crippen LogP) is 5.19. The number of nitrogens with zero attached hydrogens (tertiary/aromatic N) is 3. The van der Waals surface area contributed by atoms with E-state index in [0.29, 0.717) is 25.3 Å². The third-order valence-corrected chi connectivity index (χ3v) is 5.99. The van der Waals surface area contributed by atoms with Crippen LogP contribution in [0.3, 0.4) is 0 Å². The molecule has 33 heavy (non-hydrogen) atoms. The molecule has 3 aromatic carbocycles. The van der Waals surface area contributed by atoms with E-state index in [1.165, 1.54) is 6.07 Å². The van der Waals surface area contributed by atoms with Crippen LogP contribution in [-0.4, -0.2) is 48.1 Å². The van der Waals surface area contributed by atoms with Crippen LogP contribution in [0.15, 0.2) is 79.0 Å². The second-order valence-electron chi connectivity index (χ2n) is 8.05. The van der Waals surface area contributed by atoms with Crippen molar-refractivity contribution in [3.63, 3.8) is 0 Å². The lowest BCUT2D eigenvalue weighted by atomic mass is 10.0. The van der Waals surface area contributed by atoms with Crippen molar-refractivity contribution in [2.45, 2.75) is 6.54 Å². The van der Waals surface area contributed by atoms with Gasteiger partial charge in [0.05, 0.1) is 37.9 Å². The van der Waals surface area contributed by atoms with E-state index in [-0.39, 0.29) is 5.82 Å². The third-order valence-electron chi connectivity index (χ3n) is 5.99.